The fourth-order valence-corrected chi connectivity index (χ4v) is 661. The summed E-state index contributed by atoms with van der Waals surface area (Å²) in [4.78, 5) is 0. The van der Waals surface area contributed by atoms with Crippen molar-refractivity contribution < 1.29 is 0 Å². The van der Waals surface area contributed by atoms with Crippen molar-refractivity contribution in [3.05, 3.63) is 0 Å². The van der Waals surface area contributed by atoms with Gasteiger partial charge in [-0.1, -0.05) is 7.96 Å². The predicted octanol–water partition coefficient (Wildman–Crippen LogP) is 27.4. The highest BCUT2D eigenvalue weighted by molar-refractivity contribution is 9.51. The molecule has 0 aromatic rings. The SMILES string of the molecule is PPP(P)P(P(P)P)P(P(P(P)P)P(P)P)P(P(P(P(P)P)P(P)P)P(P(P)P)P(P)P)P(P(P(P)P)P(P)P)P(P(P)P)P(P)P. The Morgan fingerprint density at radius 1 is 0.191 bits per heavy atom. The first-order valence-electron chi connectivity index (χ1n) is 10.7. The van der Waals surface area contributed by atoms with Gasteiger partial charge < -0.3 is 0 Å². The van der Waals surface area contributed by atoms with Crippen LogP contribution in [0.1, 0.15) is 0 Å². The van der Waals surface area contributed by atoms with Crippen LogP contribution in [0.5, 0.6) is 0 Å². The zero-order chi connectivity index (χ0) is 37.4. The van der Waals surface area contributed by atoms with Gasteiger partial charge in [0.25, 0.3) is 0 Å². The molecule has 28 atom stereocenters. The van der Waals surface area contributed by atoms with Gasteiger partial charge in [-0.25, -0.2) is 0 Å². The van der Waals surface area contributed by atoms with E-state index in [2.05, 4.69) is 214 Å². The average Bonchev–Trinajstić information content (AvgIpc) is 2.86. The van der Waals surface area contributed by atoms with Crippen molar-refractivity contribution in [2.75, 3.05) is 0 Å². The molecule has 0 saturated carbocycles. The van der Waals surface area contributed by atoms with E-state index in [-0.39, 0.29) is 154 Å². The minimum atomic E-state index is -0.168. The van der Waals surface area contributed by atoms with Gasteiger partial charge in [0, 0.05) is 0 Å². The second kappa shape index (κ2) is 37.0. The van der Waals surface area contributed by atoms with Crippen molar-refractivity contribution in [3.8, 4) is 0 Å². The Hall–Kier alpha value is 20.2. The van der Waals surface area contributed by atoms with Crippen LogP contribution in [-0.2, 0) is 0 Å². The standard InChI is InChI=1S/H49P47/c1-25-37(24)43(36(22)23)46(42(34(18)19)35(20)21)47(44(38(26(2)3)27(4)5)39(28(6)7)29(8)9)45(40(30(10)11)31(12)13)41(32(14)15)33(16)17/h25H,1-24H2. The predicted molar refractivity (Wildman–Crippen MR) is 394 cm³/mol. The third-order valence-electron chi connectivity index (χ3n) is 4.04. The van der Waals surface area contributed by atoms with Crippen LogP contribution in [-0.4, -0.2) is 0 Å². The van der Waals surface area contributed by atoms with Gasteiger partial charge in [-0.05, 0) is 154 Å². The normalized spacial score (nSPS) is 16.4. The Kier molecular flexibility index (Phi) is 52.9. The third-order valence-corrected chi connectivity index (χ3v) is 327. The summed E-state index contributed by atoms with van der Waals surface area (Å²) < 4.78 is 0. The van der Waals surface area contributed by atoms with Crippen molar-refractivity contribution in [3.63, 3.8) is 0 Å². The summed E-state index contributed by atoms with van der Waals surface area (Å²) in [5.41, 5.74) is 0. The molecule has 0 heterocycles. The van der Waals surface area contributed by atoms with Gasteiger partial charge >= 0.3 is 0 Å². The fraction of sp³-hybridized carbons (Fsp3) is 0. The topological polar surface area (TPSA) is 0 Å². The van der Waals surface area contributed by atoms with Crippen molar-refractivity contribution in [1.82, 2.24) is 0 Å². The van der Waals surface area contributed by atoms with E-state index in [1.165, 1.54) is 0 Å². The fourth-order valence-electron chi connectivity index (χ4n) is 2.72. The average molecular weight is 1510 g/mol. The van der Waals surface area contributed by atoms with E-state index in [0.29, 0.717) is 0 Å². The molecule has 28 unspecified atom stereocenters. The second-order valence-electron chi connectivity index (χ2n) is 7.34. The molecule has 0 nitrogen and oxygen atoms in total. The van der Waals surface area contributed by atoms with E-state index < -0.39 is 0 Å². The van der Waals surface area contributed by atoms with E-state index in [9.17, 15) is 0 Å². The third kappa shape index (κ3) is 24.2. The van der Waals surface area contributed by atoms with Crippen molar-refractivity contribution >= 4 is 376 Å². The van der Waals surface area contributed by atoms with Crippen LogP contribution >= 0.6 is 376 Å². The van der Waals surface area contributed by atoms with Crippen molar-refractivity contribution in [2.45, 2.75) is 0 Å². The molecule has 0 N–H and O–H groups in total. The Bertz CT molecular complexity index is 667. The Balaban J connectivity index is 9.21. The molecule has 0 aliphatic rings. The maximum absolute atomic E-state index is 3.55. The molecule has 0 aliphatic heterocycles. The van der Waals surface area contributed by atoms with Crippen LogP contribution in [0.3, 0.4) is 0 Å². The molecule has 0 saturated heterocycles. The first-order valence-corrected chi connectivity index (χ1v) is 95.9. The van der Waals surface area contributed by atoms with Gasteiger partial charge in [-0.3, -0.25) is 0 Å². The number of rotatable bonds is 22. The summed E-state index contributed by atoms with van der Waals surface area (Å²) in [6, 6.07) is 0. The van der Waals surface area contributed by atoms with Gasteiger partial charge in [-0.2, -0.15) is 0 Å². The van der Waals surface area contributed by atoms with E-state index in [4.69, 9.17) is 0 Å². The molecular weight excluding hydrogens is 1460 g/mol. The highest BCUT2D eigenvalue weighted by Gasteiger charge is 2.57. The molecule has 0 spiro atoms. The zero-order valence-corrected chi connectivity index (χ0v) is 72.6. The highest BCUT2D eigenvalue weighted by Crippen LogP contribution is 3.45. The minimum Gasteiger partial charge on any atom is -0.109 e. The van der Waals surface area contributed by atoms with Crippen LogP contribution in [0.15, 0.2) is 0 Å². The Morgan fingerprint density at radius 3 is 0.447 bits per heavy atom. The van der Waals surface area contributed by atoms with Crippen LogP contribution in [0.4, 0.5) is 0 Å². The molecule has 0 aromatic carbocycles. The molecule has 0 amide bonds. The molecule has 0 bridgehead atoms. The molecule has 0 aliphatic carbocycles. The molecule has 0 rings (SSSR count). The Morgan fingerprint density at radius 2 is 0.319 bits per heavy atom. The lowest BCUT2D eigenvalue weighted by Crippen LogP contribution is -1.70. The second-order valence-corrected chi connectivity index (χ2v) is 198. The van der Waals surface area contributed by atoms with Gasteiger partial charge in [0.05, 0.1) is 0 Å². The van der Waals surface area contributed by atoms with Gasteiger partial charge in [0.2, 0.25) is 0 Å². The lowest BCUT2D eigenvalue weighted by atomic mass is 28.4. The summed E-state index contributed by atoms with van der Waals surface area (Å²) >= 11 is 0. The van der Waals surface area contributed by atoms with Gasteiger partial charge in [-0.15, -0.1) is 214 Å². The molecular formula is H49P47. The summed E-state index contributed by atoms with van der Waals surface area (Å²) in [6.07, 6.45) is 0. The monoisotopic (exact) mass is 1510 g/mol. The van der Waals surface area contributed by atoms with Gasteiger partial charge in [0.15, 0.2) is 0 Å². The molecule has 0 radical (unpaired) electrons. The van der Waals surface area contributed by atoms with Crippen LogP contribution in [0, 0.1) is 0 Å². The van der Waals surface area contributed by atoms with E-state index >= 15 is 0 Å². The smallest absolute Gasteiger partial charge is 0.0000156 e. The Labute approximate surface area is 370 Å². The van der Waals surface area contributed by atoms with Crippen LogP contribution in [0.2, 0.25) is 0 Å². The molecule has 284 valence electrons. The van der Waals surface area contributed by atoms with Crippen LogP contribution < -0.4 is 0 Å². The number of hydrogen-bond acceptors (Lipinski definition) is 0. The van der Waals surface area contributed by atoms with E-state index in [0.717, 1.165) is 7.96 Å². The summed E-state index contributed by atoms with van der Waals surface area (Å²) in [5, 5.41) is 0. The highest BCUT2D eigenvalue weighted by atomic mass is 33.6. The molecule has 47 heavy (non-hydrogen) atoms. The molecule has 0 fully saturated rings. The van der Waals surface area contributed by atoms with Crippen LogP contribution in [0.25, 0.3) is 0 Å². The molecule has 47 heteroatoms. The maximum atomic E-state index is 3.55. The maximum Gasteiger partial charge on any atom is -0.0000156 e. The minimum absolute atomic E-state index is 0.0715. The zero-order valence-electron chi connectivity index (χ0n) is 24.2. The van der Waals surface area contributed by atoms with Gasteiger partial charge in [0.1, 0.15) is 0 Å². The van der Waals surface area contributed by atoms with Crippen molar-refractivity contribution in [1.29, 1.82) is 0 Å². The number of hydrogen-bond donors (Lipinski definition) is 0. The lowest BCUT2D eigenvalue weighted by Gasteiger charge is -2.58. The first-order chi connectivity index (χ1) is 21.4. The first kappa shape index (κ1) is 67.2. The lowest BCUT2D eigenvalue weighted by molar-refractivity contribution is 4.36. The van der Waals surface area contributed by atoms with E-state index in [1.807, 2.05) is 0 Å². The largest absolute Gasteiger partial charge is 0.109 e. The quantitative estimate of drug-likeness (QED) is 0.0948. The molecule has 0 aromatic heterocycles. The van der Waals surface area contributed by atoms with Crippen molar-refractivity contribution in [2.24, 2.45) is 0 Å². The summed E-state index contributed by atoms with van der Waals surface area (Å²) in [7, 11) is 84.0. The summed E-state index contributed by atoms with van der Waals surface area (Å²) in [6.45, 7) is -2.94. The van der Waals surface area contributed by atoms with E-state index in [1.54, 1.807) is 0 Å². The summed E-state index contributed by atoms with van der Waals surface area (Å²) in [5.74, 6) is 0.